The summed E-state index contributed by atoms with van der Waals surface area (Å²) in [5.74, 6) is -0.396. The maximum absolute atomic E-state index is 12.2. The van der Waals surface area contributed by atoms with Crippen molar-refractivity contribution in [3.05, 3.63) is 27.7 Å². The lowest BCUT2D eigenvalue weighted by molar-refractivity contribution is -0.137. The Bertz CT molecular complexity index is 310. The van der Waals surface area contributed by atoms with Gasteiger partial charge in [0.2, 0.25) is 0 Å². The summed E-state index contributed by atoms with van der Waals surface area (Å²) >= 11 is 2.96. The molecule has 0 unspecified atom stereocenters. The van der Waals surface area contributed by atoms with Gasteiger partial charge in [-0.15, -0.1) is 0 Å². The Hall–Kier alpha value is -0.710. The van der Waals surface area contributed by atoms with Crippen LogP contribution in [0.3, 0.4) is 0 Å². The minimum absolute atomic E-state index is 0.292. The molecule has 0 aliphatic heterocycles. The number of rotatable bonds is 0. The molecule has 0 atom stereocenters. The summed E-state index contributed by atoms with van der Waals surface area (Å²) in [5, 5.41) is 9.10. The van der Waals surface area contributed by atoms with Gasteiger partial charge in [-0.1, -0.05) is 0 Å². The summed E-state index contributed by atoms with van der Waals surface area (Å²) in [4.78, 5) is 0. The van der Waals surface area contributed by atoms with Crippen LogP contribution in [0.1, 0.15) is 11.1 Å². The average molecular weight is 255 g/mol. The number of alkyl halides is 3. The lowest BCUT2D eigenvalue weighted by atomic mass is 10.1. The number of hydrogen-bond donors (Lipinski definition) is 1. The zero-order valence-electron chi connectivity index (χ0n) is 6.61. The molecule has 1 aromatic carbocycles. The van der Waals surface area contributed by atoms with Crippen LogP contribution >= 0.6 is 15.9 Å². The fourth-order valence-corrected chi connectivity index (χ4v) is 1.14. The molecule has 0 amide bonds. The van der Waals surface area contributed by atoms with Gasteiger partial charge in [0.25, 0.3) is 0 Å². The second-order valence-electron chi connectivity index (χ2n) is 2.62. The molecular weight excluding hydrogens is 249 g/mol. The fraction of sp³-hybridized carbons (Fsp3) is 0.250. The van der Waals surface area contributed by atoms with Crippen LogP contribution in [0.25, 0.3) is 0 Å². The van der Waals surface area contributed by atoms with E-state index in [9.17, 15) is 13.2 Å². The minimum atomic E-state index is -4.41. The van der Waals surface area contributed by atoms with Crippen LogP contribution in [0.2, 0.25) is 0 Å². The molecule has 72 valence electrons. The summed E-state index contributed by atoms with van der Waals surface area (Å²) in [6.45, 7) is 1.49. The quantitative estimate of drug-likeness (QED) is 0.752. The normalized spacial score (nSPS) is 11.8. The van der Waals surface area contributed by atoms with Crippen molar-refractivity contribution in [3.63, 3.8) is 0 Å². The monoisotopic (exact) mass is 254 g/mol. The molecule has 0 heterocycles. The summed E-state index contributed by atoms with van der Waals surface area (Å²) in [6, 6.07) is 1.67. The van der Waals surface area contributed by atoms with Gasteiger partial charge in [0, 0.05) is 0 Å². The lowest BCUT2D eigenvalue weighted by Gasteiger charge is -2.09. The molecule has 0 saturated carbocycles. The highest BCUT2D eigenvalue weighted by Crippen LogP contribution is 2.36. The van der Waals surface area contributed by atoms with E-state index in [-0.39, 0.29) is 0 Å². The van der Waals surface area contributed by atoms with Crippen molar-refractivity contribution in [3.8, 4) is 5.75 Å². The van der Waals surface area contributed by atoms with Crippen molar-refractivity contribution in [1.29, 1.82) is 0 Å². The van der Waals surface area contributed by atoms with Gasteiger partial charge in [0.15, 0.2) is 0 Å². The molecule has 0 bridgehead atoms. The van der Waals surface area contributed by atoms with Gasteiger partial charge >= 0.3 is 6.18 Å². The van der Waals surface area contributed by atoms with E-state index in [1.165, 1.54) is 6.92 Å². The second-order valence-corrected chi connectivity index (χ2v) is 3.42. The van der Waals surface area contributed by atoms with Crippen molar-refractivity contribution in [1.82, 2.24) is 0 Å². The van der Waals surface area contributed by atoms with Gasteiger partial charge in [-0.25, -0.2) is 0 Å². The molecule has 1 aromatic rings. The third-order valence-corrected chi connectivity index (χ3v) is 2.59. The number of phenols is 1. The minimum Gasteiger partial charge on any atom is -0.507 e. The van der Waals surface area contributed by atoms with Crippen LogP contribution in [0.15, 0.2) is 16.6 Å². The predicted octanol–water partition coefficient (Wildman–Crippen LogP) is 3.48. The third kappa shape index (κ3) is 2.15. The smallest absolute Gasteiger partial charge is 0.416 e. The molecule has 0 saturated heterocycles. The topological polar surface area (TPSA) is 20.2 Å². The Morgan fingerprint density at radius 3 is 2.23 bits per heavy atom. The summed E-state index contributed by atoms with van der Waals surface area (Å²) in [6.07, 6.45) is -4.41. The Morgan fingerprint density at radius 1 is 1.31 bits per heavy atom. The summed E-state index contributed by atoms with van der Waals surface area (Å²) in [7, 11) is 0. The molecule has 0 aliphatic carbocycles. The van der Waals surface area contributed by atoms with Gasteiger partial charge < -0.3 is 5.11 Å². The van der Waals surface area contributed by atoms with Gasteiger partial charge in [-0.05, 0) is 40.5 Å². The van der Waals surface area contributed by atoms with Crippen molar-refractivity contribution >= 4 is 15.9 Å². The first kappa shape index (κ1) is 10.4. The largest absolute Gasteiger partial charge is 0.507 e. The molecule has 0 radical (unpaired) electrons. The van der Waals surface area contributed by atoms with Crippen LogP contribution in [0.5, 0.6) is 5.75 Å². The average Bonchev–Trinajstić information content (AvgIpc) is 1.97. The van der Waals surface area contributed by atoms with Gasteiger partial charge in [0.1, 0.15) is 5.75 Å². The van der Waals surface area contributed by atoms with E-state index in [4.69, 9.17) is 5.11 Å². The maximum Gasteiger partial charge on any atom is 0.416 e. The van der Waals surface area contributed by atoms with Crippen LogP contribution in [0, 0.1) is 6.92 Å². The zero-order chi connectivity index (χ0) is 10.2. The van der Waals surface area contributed by atoms with E-state index in [2.05, 4.69) is 15.9 Å². The summed E-state index contributed by atoms with van der Waals surface area (Å²) < 4.78 is 36.8. The number of aryl methyl sites for hydroxylation is 1. The van der Waals surface area contributed by atoms with Crippen molar-refractivity contribution in [2.75, 3.05) is 0 Å². The SMILES string of the molecule is Cc1cc(C(F)(F)F)cc(O)c1Br. The molecular formula is C8H6BrF3O. The van der Waals surface area contributed by atoms with E-state index >= 15 is 0 Å². The maximum atomic E-state index is 12.2. The highest BCUT2D eigenvalue weighted by Gasteiger charge is 2.31. The molecule has 0 fully saturated rings. The van der Waals surface area contributed by atoms with E-state index in [0.717, 1.165) is 6.07 Å². The first-order valence-electron chi connectivity index (χ1n) is 3.38. The van der Waals surface area contributed by atoms with Gasteiger partial charge in [-0.3, -0.25) is 0 Å². The van der Waals surface area contributed by atoms with E-state index in [0.29, 0.717) is 16.1 Å². The number of halogens is 4. The second kappa shape index (κ2) is 3.21. The van der Waals surface area contributed by atoms with E-state index in [1.807, 2.05) is 0 Å². The number of phenolic OH excluding ortho intramolecular Hbond substituents is 1. The number of aromatic hydroxyl groups is 1. The Labute approximate surface area is 81.3 Å². The number of hydrogen-bond acceptors (Lipinski definition) is 1. The molecule has 13 heavy (non-hydrogen) atoms. The predicted molar refractivity (Wildman–Crippen MR) is 45.5 cm³/mol. The lowest BCUT2D eigenvalue weighted by Crippen LogP contribution is -2.05. The zero-order valence-corrected chi connectivity index (χ0v) is 8.20. The van der Waals surface area contributed by atoms with Crippen LogP contribution in [0.4, 0.5) is 13.2 Å². The summed E-state index contributed by atoms with van der Waals surface area (Å²) in [5.41, 5.74) is -0.488. The van der Waals surface area contributed by atoms with Crippen molar-refractivity contribution < 1.29 is 18.3 Å². The first-order valence-corrected chi connectivity index (χ1v) is 4.18. The van der Waals surface area contributed by atoms with E-state index in [1.54, 1.807) is 0 Å². The highest BCUT2D eigenvalue weighted by atomic mass is 79.9. The first-order chi connectivity index (χ1) is 5.82. The Morgan fingerprint density at radius 2 is 1.85 bits per heavy atom. The molecule has 1 N–H and O–H groups in total. The van der Waals surface area contributed by atoms with Gasteiger partial charge in [0.05, 0.1) is 10.0 Å². The molecule has 1 nitrogen and oxygen atoms in total. The van der Waals surface area contributed by atoms with Crippen LogP contribution < -0.4 is 0 Å². The Kier molecular flexibility index (Phi) is 2.56. The molecule has 0 aliphatic rings. The highest BCUT2D eigenvalue weighted by molar-refractivity contribution is 9.10. The molecule has 0 spiro atoms. The van der Waals surface area contributed by atoms with Crippen molar-refractivity contribution in [2.45, 2.75) is 13.1 Å². The third-order valence-electron chi connectivity index (χ3n) is 1.56. The van der Waals surface area contributed by atoms with Gasteiger partial charge in [-0.2, -0.15) is 13.2 Å². The fourth-order valence-electron chi connectivity index (χ4n) is 0.915. The van der Waals surface area contributed by atoms with Crippen LogP contribution in [-0.2, 0) is 6.18 Å². The van der Waals surface area contributed by atoms with Crippen molar-refractivity contribution in [2.24, 2.45) is 0 Å². The van der Waals surface area contributed by atoms with E-state index < -0.39 is 17.5 Å². The molecule has 1 rings (SSSR count). The number of benzene rings is 1. The standard InChI is InChI=1S/C8H6BrF3O/c1-4-2-5(8(10,11)12)3-6(13)7(4)9/h2-3,13H,1H3. The molecule has 0 aromatic heterocycles. The molecule has 5 heteroatoms. The Balaban J connectivity index is 3.29. The van der Waals surface area contributed by atoms with Crippen LogP contribution in [-0.4, -0.2) is 5.11 Å².